The van der Waals surface area contributed by atoms with Gasteiger partial charge >= 0.3 is 0 Å². The lowest BCUT2D eigenvalue weighted by Gasteiger charge is -2.39. The molecular formula is C24H41O2P. The maximum Gasteiger partial charge on any atom is 0.232 e. The van der Waals surface area contributed by atoms with Gasteiger partial charge in [-0.05, 0) is 49.1 Å². The smallest absolute Gasteiger partial charge is 0.232 e. The summed E-state index contributed by atoms with van der Waals surface area (Å²) in [5.74, 6) is 1.78. The van der Waals surface area contributed by atoms with Crippen molar-refractivity contribution in [3.05, 3.63) is 30.3 Å². The predicted molar refractivity (Wildman–Crippen MR) is 118 cm³/mol. The average Bonchev–Trinajstić information content (AvgIpc) is 2.65. The van der Waals surface area contributed by atoms with E-state index in [9.17, 15) is 4.57 Å². The number of unbranched alkanes of at least 4 members (excludes halogenated alkanes) is 5. The van der Waals surface area contributed by atoms with Crippen LogP contribution >= 0.6 is 7.37 Å². The molecule has 1 aliphatic carbocycles. The lowest BCUT2D eigenvalue weighted by molar-refractivity contribution is 0.0498. The molecule has 0 spiro atoms. The quantitative estimate of drug-likeness (QED) is 0.289. The standard InChI is InChI=1S/C24H41O2P/c1-5-6-7-8-9-13-18-27(25,22-14-11-10-12-15-22)26-24-19-21(4)16-17-23(24)20(2)3/h10-12,14-15,20-21,23-24H,5-9,13,16-19H2,1-4H3. The van der Waals surface area contributed by atoms with E-state index in [1.165, 1.54) is 38.5 Å². The normalized spacial score (nSPS) is 25.4. The lowest BCUT2D eigenvalue weighted by Crippen LogP contribution is -2.34. The summed E-state index contributed by atoms with van der Waals surface area (Å²) >= 11 is 0. The van der Waals surface area contributed by atoms with Gasteiger partial charge in [-0.3, -0.25) is 4.57 Å². The second-order valence-electron chi connectivity index (χ2n) is 8.97. The molecule has 2 nitrogen and oxygen atoms in total. The summed E-state index contributed by atoms with van der Waals surface area (Å²) in [7, 11) is -2.80. The molecule has 4 atom stereocenters. The number of hydrogen-bond donors (Lipinski definition) is 0. The van der Waals surface area contributed by atoms with Crippen LogP contribution in [0.2, 0.25) is 0 Å². The Labute approximate surface area is 167 Å². The van der Waals surface area contributed by atoms with E-state index in [1.807, 2.05) is 30.3 Å². The minimum atomic E-state index is -2.80. The predicted octanol–water partition coefficient (Wildman–Crippen LogP) is 7.43. The zero-order valence-electron chi connectivity index (χ0n) is 18.0. The van der Waals surface area contributed by atoms with Gasteiger partial charge in [-0.25, -0.2) is 0 Å². The van der Waals surface area contributed by atoms with Crippen molar-refractivity contribution < 1.29 is 9.09 Å². The van der Waals surface area contributed by atoms with Crippen LogP contribution in [0, 0.1) is 17.8 Å². The molecule has 1 saturated carbocycles. The molecule has 0 aromatic heterocycles. The Bertz CT molecular complexity index is 569. The molecule has 3 heteroatoms. The summed E-state index contributed by atoms with van der Waals surface area (Å²) in [5, 5.41) is 0.916. The van der Waals surface area contributed by atoms with Crippen LogP contribution in [0.25, 0.3) is 0 Å². The summed E-state index contributed by atoms with van der Waals surface area (Å²) in [4.78, 5) is 0. The van der Waals surface area contributed by atoms with Gasteiger partial charge in [0.2, 0.25) is 7.37 Å². The van der Waals surface area contributed by atoms with Crippen molar-refractivity contribution in [1.82, 2.24) is 0 Å². The Hall–Kier alpha value is -0.590. The van der Waals surface area contributed by atoms with Crippen molar-refractivity contribution in [2.45, 2.75) is 91.6 Å². The second kappa shape index (κ2) is 11.4. The number of rotatable bonds is 11. The van der Waals surface area contributed by atoms with Crippen LogP contribution in [-0.4, -0.2) is 12.3 Å². The molecule has 2 rings (SSSR count). The fourth-order valence-electron chi connectivity index (χ4n) is 4.45. The summed E-state index contributed by atoms with van der Waals surface area (Å²) in [6.07, 6.45) is 11.6. The first-order valence-corrected chi connectivity index (χ1v) is 13.1. The maximum atomic E-state index is 14.0. The van der Waals surface area contributed by atoms with Crippen molar-refractivity contribution in [3.8, 4) is 0 Å². The van der Waals surface area contributed by atoms with E-state index < -0.39 is 7.37 Å². The van der Waals surface area contributed by atoms with Crippen molar-refractivity contribution in [2.75, 3.05) is 6.16 Å². The number of hydrogen-bond acceptors (Lipinski definition) is 2. The van der Waals surface area contributed by atoms with Gasteiger partial charge in [0, 0.05) is 11.5 Å². The fraction of sp³-hybridized carbons (Fsp3) is 0.750. The molecule has 0 amide bonds. The molecule has 0 radical (unpaired) electrons. The molecular weight excluding hydrogens is 351 g/mol. The van der Waals surface area contributed by atoms with Crippen LogP contribution in [0.1, 0.15) is 85.5 Å². The third-order valence-electron chi connectivity index (χ3n) is 6.22. The molecule has 0 heterocycles. The Morgan fingerprint density at radius 2 is 1.70 bits per heavy atom. The van der Waals surface area contributed by atoms with Crippen LogP contribution in [0.3, 0.4) is 0 Å². The van der Waals surface area contributed by atoms with Crippen LogP contribution < -0.4 is 5.30 Å². The average molecular weight is 393 g/mol. The molecule has 0 N–H and O–H groups in total. The van der Waals surface area contributed by atoms with Gasteiger partial charge in [-0.1, -0.05) is 84.4 Å². The minimum Gasteiger partial charge on any atom is -0.322 e. The summed E-state index contributed by atoms with van der Waals surface area (Å²) < 4.78 is 20.6. The highest BCUT2D eigenvalue weighted by atomic mass is 31.2. The third kappa shape index (κ3) is 7.06. The van der Waals surface area contributed by atoms with Gasteiger partial charge in [0.15, 0.2) is 0 Å². The van der Waals surface area contributed by atoms with Crippen molar-refractivity contribution in [3.63, 3.8) is 0 Å². The molecule has 4 unspecified atom stereocenters. The molecule has 0 bridgehead atoms. The SMILES string of the molecule is CCCCCCCCP(=O)(OC1CC(C)CCC1C(C)C)c1ccccc1. The first-order chi connectivity index (χ1) is 13.0. The maximum absolute atomic E-state index is 14.0. The molecule has 27 heavy (non-hydrogen) atoms. The van der Waals surface area contributed by atoms with Gasteiger partial charge in [-0.15, -0.1) is 0 Å². The molecule has 1 fully saturated rings. The topological polar surface area (TPSA) is 26.3 Å². The van der Waals surface area contributed by atoms with E-state index in [0.717, 1.165) is 24.6 Å². The zero-order valence-corrected chi connectivity index (χ0v) is 18.9. The Kier molecular flexibility index (Phi) is 9.60. The molecule has 0 aliphatic heterocycles. The Morgan fingerprint density at radius 1 is 1.04 bits per heavy atom. The summed E-state index contributed by atoms with van der Waals surface area (Å²) in [6.45, 7) is 9.14. The van der Waals surface area contributed by atoms with E-state index in [1.54, 1.807) is 0 Å². The molecule has 154 valence electrons. The van der Waals surface area contributed by atoms with Crippen molar-refractivity contribution in [2.24, 2.45) is 17.8 Å². The molecule has 1 aliphatic rings. The van der Waals surface area contributed by atoms with Crippen LogP contribution in [0.5, 0.6) is 0 Å². The number of benzene rings is 1. The van der Waals surface area contributed by atoms with Crippen LogP contribution in [0.15, 0.2) is 30.3 Å². The van der Waals surface area contributed by atoms with Gasteiger partial charge in [0.05, 0.1) is 6.10 Å². The Morgan fingerprint density at radius 3 is 2.37 bits per heavy atom. The van der Waals surface area contributed by atoms with E-state index in [-0.39, 0.29) is 6.10 Å². The first-order valence-electron chi connectivity index (χ1n) is 11.3. The highest BCUT2D eigenvalue weighted by Gasteiger charge is 2.37. The van der Waals surface area contributed by atoms with Gasteiger partial charge in [-0.2, -0.15) is 0 Å². The van der Waals surface area contributed by atoms with Crippen molar-refractivity contribution >= 4 is 12.7 Å². The van der Waals surface area contributed by atoms with Crippen LogP contribution in [-0.2, 0) is 9.09 Å². The van der Waals surface area contributed by atoms with Crippen LogP contribution in [0.4, 0.5) is 0 Å². The van der Waals surface area contributed by atoms with E-state index in [4.69, 9.17) is 4.52 Å². The van der Waals surface area contributed by atoms with Gasteiger partial charge in [0.25, 0.3) is 0 Å². The molecule has 1 aromatic rings. The van der Waals surface area contributed by atoms with Gasteiger partial charge < -0.3 is 4.52 Å². The van der Waals surface area contributed by atoms with E-state index >= 15 is 0 Å². The fourth-order valence-corrected chi connectivity index (χ4v) is 6.88. The highest BCUT2D eigenvalue weighted by molar-refractivity contribution is 7.67. The van der Waals surface area contributed by atoms with Gasteiger partial charge in [0.1, 0.15) is 0 Å². The van der Waals surface area contributed by atoms with E-state index in [0.29, 0.717) is 23.9 Å². The largest absolute Gasteiger partial charge is 0.322 e. The highest BCUT2D eigenvalue weighted by Crippen LogP contribution is 2.51. The lowest BCUT2D eigenvalue weighted by atomic mass is 9.75. The molecule has 1 aromatic carbocycles. The molecule has 0 saturated heterocycles. The second-order valence-corrected chi connectivity index (χ2v) is 11.5. The zero-order chi connectivity index (χ0) is 19.7. The van der Waals surface area contributed by atoms with Crippen molar-refractivity contribution in [1.29, 1.82) is 0 Å². The minimum absolute atomic E-state index is 0.139. The summed E-state index contributed by atoms with van der Waals surface area (Å²) in [6, 6.07) is 10.0. The first kappa shape index (κ1) is 22.7. The van der Waals surface area contributed by atoms with E-state index in [2.05, 4.69) is 27.7 Å². The third-order valence-corrected chi connectivity index (χ3v) is 8.82. The Balaban J connectivity index is 2.08. The monoisotopic (exact) mass is 392 g/mol. The summed E-state index contributed by atoms with van der Waals surface area (Å²) in [5.41, 5.74) is 0.